The minimum absolute atomic E-state index is 0.0736. The lowest BCUT2D eigenvalue weighted by molar-refractivity contribution is 0.0996. The lowest BCUT2D eigenvalue weighted by atomic mass is 10.1. The van der Waals surface area contributed by atoms with Crippen molar-refractivity contribution in [2.24, 2.45) is 0 Å². The van der Waals surface area contributed by atoms with Crippen molar-refractivity contribution in [3.05, 3.63) is 47.5 Å². The van der Waals surface area contributed by atoms with Crippen LogP contribution in [0.4, 0.5) is 5.69 Å². The summed E-state index contributed by atoms with van der Waals surface area (Å²) in [6.45, 7) is 3.14. The molecule has 0 unspecified atom stereocenters. The molecule has 0 bridgehead atoms. The second-order valence-electron chi connectivity index (χ2n) is 6.57. The van der Waals surface area contributed by atoms with Crippen molar-refractivity contribution in [1.82, 2.24) is 20.2 Å². The molecule has 3 aromatic heterocycles. The average Bonchev–Trinajstić information content (AvgIpc) is 3.36. The highest BCUT2D eigenvalue weighted by Crippen LogP contribution is 2.33. The van der Waals surface area contributed by atoms with E-state index in [1.807, 2.05) is 19.1 Å². The number of ether oxygens (including phenoxy) is 3. The molecule has 0 aliphatic carbocycles. The minimum atomic E-state index is -0.0736. The first-order valence-corrected chi connectivity index (χ1v) is 9.09. The van der Waals surface area contributed by atoms with Gasteiger partial charge in [-0.3, -0.25) is 19.8 Å². The van der Waals surface area contributed by atoms with Crippen LogP contribution >= 0.6 is 0 Å². The Morgan fingerprint density at radius 2 is 2.07 bits per heavy atom. The molecule has 0 saturated carbocycles. The first-order valence-electron chi connectivity index (χ1n) is 9.09. The molecule has 0 atom stereocenters. The Balaban J connectivity index is 1.65. The van der Waals surface area contributed by atoms with Crippen molar-refractivity contribution in [2.75, 3.05) is 32.3 Å². The van der Waals surface area contributed by atoms with Gasteiger partial charge in [-0.05, 0) is 24.6 Å². The Hall–Kier alpha value is -3.46. The summed E-state index contributed by atoms with van der Waals surface area (Å²) in [5, 5.41) is 6.66. The first kappa shape index (κ1) is 18.9. The molecule has 0 aromatic carbocycles. The Labute approximate surface area is 167 Å². The van der Waals surface area contributed by atoms with Crippen LogP contribution in [-0.2, 0) is 11.3 Å². The Kier molecular flexibility index (Phi) is 5.13. The average molecular weight is 395 g/mol. The van der Waals surface area contributed by atoms with Gasteiger partial charge in [0.15, 0.2) is 5.75 Å². The summed E-state index contributed by atoms with van der Waals surface area (Å²) in [5.41, 5.74) is 4.44. The number of nitrogens with one attached hydrogen (secondary N) is 1. The van der Waals surface area contributed by atoms with Gasteiger partial charge in [-0.2, -0.15) is 5.10 Å². The molecule has 29 heavy (non-hydrogen) atoms. The Morgan fingerprint density at radius 3 is 2.79 bits per heavy atom. The van der Waals surface area contributed by atoms with Crippen LogP contribution in [0.2, 0.25) is 0 Å². The molecule has 3 aromatic rings. The maximum atomic E-state index is 12.8. The fourth-order valence-corrected chi connectivity index (χ4v) is 3.30. The van der Waals surface area contributed by atoms with Crippen LogP contribution in [-0.4, -0.2) is 53.5 Å². The second kappa shape index (κ2) is 7.88. The predicted octanol–water partition coefficient (Wildman–Crippen LogP) is 2.37. The van der Waals surface area contributed by atoms with E-state index >= 15 is 0 Å². The van der Waals surface area contributed by atoms with Gasteiger partial charge < -0.3 is 14.2 Å². The maximum Gasteiger partial charge on any atom is 0.260 e. The van der Waals surface area contributed by atoms with Gasteiger partial charge >= 0.3 is 0 Å². The number of pyridine rings is 2. The molecule has 4 heterocycles. The normalized spacial score (nSPS) is 12.9. The van der Waals surface area contributed by atoms with E-state index in [0.29, 0.717) is 37.0 Å². The van der Waals surface area contributed by atoms with Gasteiger partial charge in [-0.25, -0.2) is 4.98 Å². The molecule has 4 rings (SSSR count). The number of carbonyl (C=O) groups excluding carboxylic acids is 1. The number of rotatable bonds is 7. The van der Waals surface area contributed by atoms with Gasteiger partial charge in [0, 0.05) is 25.1 Å². The summed E-state index contributed by atoms with van der Waals surface area (Å²) in [6.07, 6.45) is 5.00. The summed E-state index contributed by atoms with van der Waals surface area (Å²) >= 11 is 0. The van der Waals surface area contributed by atoms with Crippen LogP contribution in [0.1, 0.15) is 21.6 Å². The van der Waals surface area contributed by atoms with Crippen molar-refractivity contribution in [2.45, 2.75) is 13.5 Å². The summed E-state index contributed by atoms with van der Waals surface area (Å²) in [5.74, 6) is 0.831. The smallest absolute Gasteiger partial charge is 0.260 e. The van der Waals surface area contributed by atoms with Gasteiger partial charge in [0.05, 0.1) is 49.1 Å². The quantitative estimate of drug-likeness (QED) is 0.613. The van der Waals surface area contributed by atoms with E-state index in [-0.39, 0.29) is 5.91 Å². The number of aromatic amines is 1. The number of hydrogen-bond acceptors (Lipinski definition) is 7. The standard InChI is InChI=1S/C20H21N5O4/c1-12-6-15(13-7-17(28-3)19(21-8-13)29-5-4-27-2)24-16-11-25(20(26)18(12)16)14-9-22-23-10-14/h6-10H,4-5,11H2,1-3H3,(H,22,23). The lowest BCUT2D eigenvalue weighted by Gasteiger charge is -2.11. The molecule has 0 saturated heterocycles. The van der Waals surface area contributed by atoms with E-state index in [1.54, 1.807) is 37.7 Å². The van der Waals surface area contributed by atoms with Gasteiger partial charge in [-0.15, -0.1) is 0 Å². The number of aromatic nitrogens is 4. The molecule has 0 spiro atoms. The highest BCUT2D eigenvalue weighted by molar-refractivity contribution is 6.10. The minimum Gasteiger partial charge on any atom is -0.491 e. The number of hydrogen-bond donors (Lipinski definition) is 1. The summed E-state index contributed by atoms with van der Waals surface area (Å²) < 4.78 is 16.0. The van der Waals surface area contributed by atoms with E-state index in [1.165, 1.54) is 0 Å². The number of fused-ring (bicyclic) bond motifs is 1. The van der Waals surface area contributed by atoms with Gasteiger partial charge in [0.1, 0.15) is 6.61 Å². The molecular weight excluding hydrogens is 374 g/mol. The zero-order valence-corrected chi connectivity index (χ0v) is 16.4. The van der Waals surface area contributed by atoms with E-state index in [9.17, 15) is 4.79 Å². The highest BCUT2D eigenvalue weighted by Gasteiger charge is 2.32. The summed E-state index contributed by atoms with van der Waals surface area (Å²) in [4.78, 5) is 23.6. The Bertz CT molecular complexity index is 1040. The predicted molar refractivity (Wildman–Crippen MR) is 105 cm³/mol. The van der Waals surface area contributed by atoms with Crippen molar-refractivity contribution in [1.29, 1.82) is 0 Å². The molecular formula is C20H21N5O4. The highest BCUT2D eigenvalue weighted by atomic mass is 16.5. The zero-order valence-electron chi connectivity index (χ0n) is 16.4. The number of H-pyrrole nitrogens is 1. The van der Waals surface area contributed by atoms with E-state index < -0.39 is 0 Å². The fraction of sp³-hybridized carbons (Fsp3) is 0.300. The monoisotopic (exact) mass is 395 g/mol. The number of anilines is 1. The van der Waals surface area contributed by atoms with Crippen LogP contribution < -0.4 is 14.4 Å². The van der Waals surface area contributed by atoms with Gasteiger partial charge in [-0.1, -0.05) is 0 Å². The maximum absolute atomic E-state index is 12.8. The fourth-order valence-electron chi connectivity index (χ4n) is 3.30. The van der Waals surface area contributed by atoms with Crippen molar-refractivity contribution < 1.29 is 19.0 Å². The van der Waals surface area contributed by atoms with E-state index in [4.69, 9.17) is 19.2 Å². The summed E-state index contributed by atoms with van der Waals surface area (Å²) in [7, 11) is 3.17. The molecule has 0 fully saturated rings. The molecule has 9 nitrogen and oxygen atoms in total. The molecule has 150 valence electrons. The van der Waals surface area contributed by atoms with Gasteiger partial charge in [0.2, 0.25) is 0 Å². The Morgan fingerprint density at radius 1 is 1.21 bits per heavy atom. The SMILES string of the molecule is COCCOc1ncc(-c2cc(C)c3c(n2)CN(c2cn[nH]c2)C3=O)cc1OC. The number of carbonyl (C=O) groups is 1. The number of amides is 1. The van der Waals surface area contributed by atoms with Crippen molar-refractivity contribution in [3.8, 4) is 22.9 Å². The molecule has 1 amide bonds. The molecule has 1 N–H and O–H groups in total. The van der Waals surface area contributed by atoms with E-state index in [2.05, 4.69) is 15.2 Å². The third-order valence-electron chi connectivity index (χ3n) is 4.71. The largest absolute Gasteiger partial charge is 0.491 e. The molecule has 9 heteroatoms. The van der Waals surface area contributed by atoms with Crippen LogP contribution in [0.3, 0.4) is 0 Å². The number of aryl methyl sites for hydroxylation is 1. The van der Waals surface area contributed by atoms with E-state index in [0.717, 1.165) is 28.2 Å². The zero-order chi connectivity index (χ0) is 20.4. The second-order valence-corrected chi connectivity index (χ2v) is 6.57. The van der Waals surface area contributed by atoms with Crippen LogP contribution in [0.15, 0.2) is 30.7 Å². The van der Waals surface area contributed by atoms with Crippen molar-refractivity contribution in [3.63, 3.8) is 0 Å². The third-order valence-corrected chi connectivity index (χ3v) is 4.71. The molecule has 1 aliphatic rings. The van der Waals surface area contributed by atoms with Crippen LogP contribution in [0, 0.1) is 6.92 Å². The number of methoxy groups -OCH3 is 2. The number of nitrogens with zero attached hydrogens (tertiary/aromatic N) is 4. The molecule has 1 aliphatic heterocycles. The van der Waals surface area contributed by atoms with Gasteiger partial charge in [0.25, 0.3) is 11.8 Å². The lowest BCUT2D eigenvalue weighted by Crippen LogP contribution is -2.22. The third kappa shape index (κ3) is 3.52. The summed E-state index contributed by atoms with van der Waals surface area (Å²) in [6, 6.07) is 3.71. The van der Waals surface area contributed by atoms with Crippen LogP contribution in [0.5, 0.6) is 11.6 Å². The molecule has 0 radical (unpaired) electrons. The topological polar surface area (TPSA) is 102 Å². The van der Waals surface area contributed by atoms with Crippen molar-refractivity contribution >= 4 is 11.6 Å². The van der Waals surface area contributed by atoms with Crippen LogP contribution in [0.25, 0.3) is 11.3 Å². The first-order chi connectivity index (χ1) is 14.1.